The third-order valence-corrected chi connectivity index (χ3v) is 4.95. The SMILES string of the molecule is CC(NP(=O)(Cl)Oc1cccc2c1C=CCN2)C(=O)OCC(C)(C)C. The van der Waals surface area contributed by atoms with Crippen molar-refractivity contribution in [3.63, 3.8) is 0 Å². The predicted octanol–water partition coefficient (Wildman–Crippen LogP) is 4.42. The van der Waals surface area contributed by atoms with Crippen LogP contribution in [0.15, 0.2) is 24.3 Å². The summed E-state index contributed by atoms with van der Waals surface area (Å²) in [6.07, 6.45) is 3.80. The molecule has 2 unspecified atom stereocenters. The van der Waals surface area contributed by atoms with E-state index in [4.69, 9.17) is 20.5 Å². The lowest BCUT2D eigenvalue weighted by Gasteiger charge is -2.23. The molecule has 2 N–H and O–H groups in total. The molecule has 1 aromatic carbocycles. The molecule has 138 valence electrons. The third kappa shape index (κ3) is 6.07. The van der Waals surface area contributed by atoms with Crippen molar-refractivity contribution < 1.29 is 18.6 Å². The Morgan fingerprint density at radius 1 is 1.44 bits per heavy atom. The van der Waals surface area contributed by atoms with Crippen LogP contribution in [0.25, 0.3) is 6.08 Å². The van der Waals surface area contributed by atoms with E-state index >= 15 is 0 Å². The maximum Gasteiger partial charge on any atom is 0.409 e. The van der Waals surface area contributed by atoms with Crippen molar-refractivity contribution in [2.75, 3.05) is 18.5 Å². The normalized spacial score (nSPS) is 17.0. The van der Waals surface area contributed by atoms with Crippen LogP contribution >= 0.6 is 18.1 Å². The van der Waals surface area contributed by atoms with Crippen LogP contribution in [0.4, 0.5) is 5.69 Å². The van der Waals surface area contributed by atoms with E-state index in [0.29, 0.717) is 12.3 Å². The monoisotopic (exact) mass is 386 g/mol. The first-order valence-corrected chi connectivity index (χ1v) is 10.6. The average Bonchev–Trinajstić information content (AvgIpc) is 2.51. The molecule has 0 spiro atoms. The minimum Gasteiger partial charge on any atom is -0.464 e. The Bertz CT molecular complexity index is 715. The van der Waals surface area contributed by atoms with E-state index in [2.05, 4.69) is 10.4 Å². The van der Waals surface area contributed by atoms with E-state index in [9.17, 15) is 9.36 Å². The van der Waals surface area contributed by atoms with Crippen LogP contribution in [-0.2, 0) is 14.1 Å². The van der Waals surface area contributed by atoms with Gasteiger partial charge in [0.1, 0.15) is 11.8 Å². The first-order valence-electron chi connectivity index (χ1n) is 8.04. The van der Waals surface area contributed by atoms with E-state index < -0.39 is 18.9 Å². The largest absolute Gasteiger partial charge is 0.464 e. The van der Waals surface area contributed by atoms with Gasteiger partial charge in [-0.15, -0.1) is 0 Å². The molecule has 0 aliphatic carbocycles. The van der Waals surface area contributed by atoms with Crippen LogP contribution in [0.1, 0.15) is 33.3 Å². The second-order valence-corrected chi connectivity index (χ2v) is 9.83. The number of benzene rings is 1. The van der Waals surface area contributed by atoms with Crippen LogP contribution in [0, 0.1) is 5.41 Å². The Morgan fingerprint density at radius 2 is 2.16 bits per heavy atom. The van der Waals surface area contributed by atoms with Crippen LogP contribution in [0.3, 0.4) is 0 Å². The Hall–Kier alpha value is -1.49. The molecule has 8 heteroatoms. The van der Waals surface area contributed by atoms with Crippen molar-refractivity contribution in [2.24, 2.45) is 5.41 Å². The molecule has 2 rings (SSSR count). The smallest absolute Gasteiger partial charge is 0.409 e. The minimum atomic E-state index is -3.78. The number of carbonyl (C=O) groups excluding carboxylic acids is 1. The number of hydrogen-bond donors (Lipinski definition) is 2. The molecule has 2 atom stereocenters. The third-order valence-electron chi connectivity index (χ3n) is 3.33. The van der Waals surface area contributed by atoms with Crippen molar-refractivity contribution in [1.29, 1.82) is 0 Å². The van der Waals surface area contributed by atoms with E-state index in [1.807, 2.05) is 39.0 Å². The number of fused-ring (bicyclic) bond motifs is 1. The molecule has 1 aliphatic rings. The molecule has 1 heterocycles. The topological polar surface area (TPSA) is 76.7 Å². The second-order valence-electron chi connectivity index (χ2n) is 7.09. The maximum absolute atomic E-state index is 12.6. The number of nitrogens with one attached hydrogen (secondary N) is 2. The summed E-state index contributed by atoms with van der Waals surface area (Å²) in [6.45, 7) is 4.58. The molecule has 0 amide bonds. The Morgan fingerprint density at radius 3 is 2.84 bits per heavy atom. The first-order chi connectivity index (χ1) is 11.6. The molecule has 1 aliphatic heterocycles. The molecule has 1 aromatic rings. The van der Waals surface area contributed by atoms with Crippen LogP contribution in [-0.4, -0.2) is 25.2 Å². The predicted molar refractivity (Wildman–Crippen MR) is 101 cm³/mol. The van der Waals surface area contributed by atoms with Crippen LogP contribution in [0.5, 0.6) is 5.75 Å². The molecule has 25 heavy (non-hydrogen) atoms. The summed E-state index contributed by atoms with van der Waals surface area (Å²) >= 11 is 6.01. The fourth-order valence-electron chi connectivity index (χ4n) is 2.14. The number of rotatable bonds is 6. The summed E-state index contributed by atoms with van der Waals surface area (Å²) in [5, 5.41) is 5.71. The minimum absolute atomic E-state index is 0.154. The van der Waals surface area contributed by atoms with Crippen molar-refractivity contribution in [1.82, 2.24) is 5.09 Å². The summed E-state index contributed by atoms with van der Waals surface area (Å²) < 4.78 is 23.2. The lowest BCUT2D eigenvalue weighted by atomic mass is 9.99. The summed E-state index contributed by atoms with van der Waals surface area (Å²) in [7, 11) is 0. The molecular weight excluding hydrogens is 363 g/mol. The lowest BCUT2D eigenvalue weighted by molar-refractivity contribution is -0.147. The van der Waals surface area contributed by atoms with Crippen molar-refractivity contribution in [3.05, 3.63) is 29.8 Å². The number of carbonyl (C=O) groups is 1. The first kappa shape index (κ1) is 19.8. The van der Waals surface area contributed by atoms with E-state index in [1.165, 1.54) is 6.92 Å². The van der Waals surface area contributed by atoms with Crippen LogP contribution in [0.2, 0.25) is 0 Å². The Balaban J connectivity index is 2.02. The summed E-state index contributed by atoms with van der Waals surface area (Å²) in [5.74, 6) is -0.155. The maximum atomic E-state index is 12.6. The fourth-order valence-corrected chi connectivity index (χ4v) is 3.84. The van der Waals surface area contributed by atoms with Gasteiger partial charge >= 0.3 is 12.8 Å². The summed E-state index contributed by atoms with van der Waals surface area (Å²) in [6, 6.07) is 4.48. The van der Waals surface area contributed by atoms with Gasteiger partial charge in [-0.3, -0.25) is 4.79 Å². The van der Waals surface area contributed by atoms with Gasteiger partial charge in [0.25, 0.3) is 0 Å². The molecule has 0 fully saturated rings. The van der Waals surface area contributed by atoms with E-state index in [1.54, 1.807) is 12.1 Å². The van der Waals surface area contributed by atoms with Gasteiger partial charge in [0, 0.05) is 29.0 Å². The van der Waals surface area contributed by atoms with Crippen molar-refractivity contribution in [2.45, 2.75) is 33.7 Å². The molecule has 0 saturated carbocycles. The van der Waals surface area contributed by atoms with E-state index in [-0.39, 0.29) is 12.0 Å². The van der Waals surface area contributed by atoms with Gasteiger partial charge in [0.15, 0.2) is 0 Å². The second kappa shape index (κ2) is 7.81. The zero-order valence-electron chi connectivity index (χ0n) is 14.8. The molecule has 0 bridgehead atoms. The van der Waals surface area contributed by atoms with Gasteiger partial charge < -0.3 is 14.6 Å². The highest BCUT2D eigenvalue weighted by Gasteiger charge is 2.29. The fraction of sp³-hybridized carbons (Fsp3) is 0.471. The van der Waals surface area contributed by atoms with Gasteiger partial charge in [-0.05, 0) is 24.5 Å². The molecule has 6 nitrogen and oxygen atoms in total. The van der Waals surface area contributed by atoms with Crippen molar-refractivity contribution >= 4 is 35.8 Å². The zero-order valence-corrected chi connectivity index (χ0v) is 16.5. The average molecular weight is 387 g/mol. The summed E-state index contributed by atoms with van der Waals surface area (Å²) in [4.78, 5) is 12.0. The van der Waals surface area contributed by atoms with Gasteiger partial charge in [0.2, 0.25) is 0 Å². The highest BCUT2D eigenvalue weighted by Crippen LogP contribution is 2.50. The lowest BCUT2D eigenvalue weighted by Crippen LogP contribution is -2.35. The number of esters is 1. The number of hydrogen-bond acceptors (Lipinski definition) is 5. The van der Waals surface area contributed by atoms with Crippen LogP contribution < -0.4 is 14.9 Å². The Kier molecular flexibility index (Phi) is 6.20. The van der Waals surface area contributed by atoms with Gasteiger partial charge in [0.05, 0.1) is 6.61 Å². The van der Waals surface area contributed by atoms with Gasteiger partial charge in [-0.2, -0.15) is 0 Å². The quantitative estimate of drug-likeness (QED) is 0.556. The van der Waals surface area contributed by atoms with Gasteiger partial charge in [-0.1, -0.05) is 39.0 Å². The molecule has 0 radical (unpaired) electrons. The molecular formula is C17H24ClN2O4P. The standard InChI is InChI=1S/C17H24ClN2O4P/c1-12(16(21)23-11-17(2,3)4)20-25(18,22)24-15-9-5-8-14-13(15)7-6-10-19-14/h5-9,12,19H,10-11H2,1-4H3,(H,20,22). The molecule has 0 saturated heterocycles. The summed E-state index contributed by atoms with van der Waals surface area (Å²) in [5.41, 5.74) is 1.48. The van der Waals surface area contributed by atoms with Gasteiger partial charge in [-0.25, -0.2) is 9.65 Å². The highest BCUT2D eigenvalue weighted by atomic mass is 35.7. The highest BCUT2D eigenvalue weighted by molar-refractivity contribution is 7.84. The number of ether oxygens (including phenoxy) is 1. The number of halogens is 1. The molecule has 0 aromatic heterocycles. The van der Waals surface area contributed by atoms with Crippen molar-refractivity contribution in [3.8, 4) is 5.75 Å². The Labute approximate surface area is 153 Å². The zero-order chi connectivity index (χ0) is 18.7. The number of anilines is 1. The van der Waals surface area contributed by atoms with E-state index in [0.717, 1.165) is 11.3 Å².